The van der Waals surface area contributed by atoms with Gasteiger partial charge in [0.1, 0.15) is 11.5 Å². The summed E-state index contributed by atoms with van der Waals surface area (Å²) in [5.41, 5.74) is 7.68. The number of aliphatic imine (C=N–C) groups is 1. The zero-order valence-electron chi connectivity index (χ0n) is 9.23. The van der Waals surface area contributed by atoms with Crippen LogP contribution in [-0.4, -0.2) is 16.9 Å². The second kappa shape index (κ2) is 4.11. The Morgan fingerprint density at radius 1 is 1.35 bits per heavy atom. The van der Waals surface area contributed by atoms with E-state index in [-0.39, 0.29) is 0 Å². The fourth-order valence-electron chi connectivity index (χ4n) is 1.73. The molecule has 2 N–H and O–H groups in total. The molecule has 1 aromatic heterocycles. The molecule has 1 aliphatic rings. The first-order chi connectivity index (χ1) is 8.24. The Balaban J connectivity index is 2.12. The minimum atomic E-state index is 0.412. The molecular weight excluding hydrogens is 278 g/mol. The normalized spacial score (nSPS) is 16.4. The largest absolute Gasteiger partial charge is 0.382 e. The van der Waals surface area contributed by atoms with Crippen LogP contribution in [0.4, 0.5) is 0 Å². The van der Waals surface area contributed by atoms with E-state index in [2.05, 4.69) is 25.9 Å². The Morgan fingerprint density at radius 3 is 2.88 bits per heavy atom. The first-order valence-corrected chi connectivity index (χ1v) is 6.42. The molecule has 1 aliphatic carbocycles. The number of nitrogens with two attached hydrogens (primary N) is 1. The number of benzene rings is 1. The topological polar surface area (TPSA) is 51.3 Å². The molecule has 0 spiro atoms. The summed E-state index contributed by atoms with van der Waals surface area (Å²) in [4.78, 5) is 8.98. The van der Waals surface area contributed by atoms with Gasteiger partial charge in [-0.3, -0.25) is 4.99 Å². The van der Waals surface area contributed by atoms with E-state index >= 15 is 0 Å². The molecule has 0 aliphatic heterocycles. The highest BCUT2D eigenvalue weighted by atomic mass is 79.9. The Morgan fingerprint density at radius 2 is 2.12 bits per heavy atom. The molecule has 1 heterocycles. The number of para-hydroxylation sites is 1. The number of rotatable bonds is 2. The average Bonchev–Trinajstić information content (AvgIpc) is 3.12. The first kappa shape index (κ1) is 10.7. The van der Waals surface area contributed by atoms with Crippen LogP contribution in [0.3, 0.4) is 0 Å². The molecule has 0 amide bonds. The smallest absolute Gasteiger partial charge is 0.146 e. The molecule has 1 fully saturated rings. The van der Waals surface area contributed by atoms with Crippen LogP contribution in [0, 0.1) is 0 Å². The molecule has 86 valence electrons. The second-order valence-corrected chi connectivity index (χ2v) is 5.11. The molecular formula is C13H12BrN3. The third-order valence-electron chi connectivity index (χ3n) is 2.79. The van der Waals surface area contributed by atoms with Gasteiger partial charge in [0.05, 0.1) is 11.6 Å². The number of hydrogen-bond donors (Lipinski definition) is 1. The highest BCUT2D eigenvalue weighted by molar-refractivity contribution is 9.10. The summed E-state index contributed by atoms with van der Waals surface area (Å²) in [7, 11) is 0. The standard InChI is InChI=1S/C13H12BrN3/c14-10-7-8-3-1-2-4-11(8)17-12(10)13(15)16-9-5-6-9/h1-4,7,9H,5-6H2,(H2,15,16). The Kier molecular flexibility index (Phi) is 2.59. The van der Waals surface area contributed by atoms with Crippen molar-refractivity contribution in [2.24, 2.45) is 10.7 Å². The Bertz CT molecular complexity index is 603. The molecule has 4 heteroatoms. The number of amidine groups is 1. The van der Waals surface area contributed by atoms with Crippen molar-refractivity contribution in [3.05, 3.63) is 40.5 Å². The average molecular weight is 290 g/mol. The molecule has 0 unspecified atom stereocenters. The Hall–Kier alpha value is -1.42. The van der Waals surface area contributed by atoms with E-state index in [1.807, 2.05) is 30.3 Å². The van der Waals surface area contributed by atoms with Crippen molar-refractivity contribution in [3.8, 4) is 0 Å². The van der Waals surface area contributed by atoms with Crippen molar-refractivity contribution in [2.45, 2.75) is 18.9 Å². The van der Waals surface area contributed by atoms with E-state index in [0.29, 0.717) is 11.9 Å². The van der Waals surface area contributed by atoms with Crippen LogP contribution in [0.1, 0.15) is 18.5 Å². The maximum absolute atomic E-state index is 5.99. The number of nitrogens with zero attached hydrogens (tertiary/aromatic N) is 2. The van der Waals surface area contributed by atoms with Gasteiger partial charge in [0, 0.05) is 9.86 Å². The lowest BCUT2D eigenvalue weighted by Crippen LogP contribution is -2.16. The summed E-state index contributed by atoms with van der Waals surface area (Å²) in [5.74, 6) is 0.533. The predicted molar refractivity (Wildman–Crippen MR) is 73.2 cm³/mol. The van der Waals surface area contributed by atoms with E-state index in [0.717, 1.165) is 33.9 Å². The summed E-state index contributed by atoms with van der Waals surface area (Å²) >= 11 is 3.51. The van der Waals surface area contributed by atoms with Gasteiger partial charge in [0.25, 0.3) is 0 Å². The van der Waals surface area contributed by atoms with Gasteiger partial charge in [0.15, 0.2) is 0 Å². The lowest BCUT2D eigenvalue weighted by molar-refractivity contribution is 1.05. The lowest BCUT2D eigenvalue weighted by atomic mass is 10.2. The van der Waals surface area contributed by atoms with E-state index < -0.39 is 0 Å². The molecule has 0 bridgehead atoms. The zero-order valence-corrected chi connectivity index (χ0v) is 10.8. The number of halogens is 1. The molecule has 17 heavy (non-hydrogen) atoms. The monoisotopic (exact) mass is 289 g/mol. The zero-order chi connectivity index (χ0) is 11.8. The highest BCUT2D eigenvalue weighted by Crippen LogP contribution is 2.26. The third kappa shape index (κ3) is 2.17. The van der Waals surface area contributed by atoms with Gasteiger partial charge in [0.2, 0.25) is 0 Å². The van der Waals surface area contributed by atoms with Crippen LogP contribution in [0.25, 0.3) is 10.9 Å². The van der Waals surface area contributed by atoms with Crippen molar-refractivity contribution in [2.75, 3.05) is 0 Å². The van der Waals surface area contributed by atoms with Crippen LogP contribution in [0.5, 0.6) is 0 Å². The molecule has 1 saturated carbocycles. The fraction of sp³-hybridized carbons (Fsp3) is 0.231. The summed E-state index contributed by atoms with van der Waals surface area (Å²) in [6.07, 6.45) is 2.29. The second-order valence-electron chi connectivity index (χ2n) is 4.26. The van der Waals surface area contributed by atoms with Gasteiger partial charge < -0.3 is 5.73 Å². The summed E-state index contributed by atoms with van der Waals surface area (Å²) < 4.78 is 0.901. The van der Waals surface area contributed by atoms with Gasteiger partial charge >= 0.3 is 0 Å². The van der Waals surface area contributed by atoms with Crippen molar-refractivity contribution in [3.63, 3.8) is 0 Å². The van der Waals surface area contributed by atoms with Crippen molar-refractivity contribution in [1.29, 1.82) is 0 Å². The lowest BCUT2D eigenvalue weighted by Gasteiger charge is -2.05. The molecule has 0 radical (unpaired) electrons. The van der Waals surface area contributed by atoms with Crippen molar-refractivity contribution >= 4 is 32.7 Å². The SMILES string of the molecule is NC(=NC1CC1)c1nc2ccccc2cc1Br. The van der Waals surface area contributed by atoms with Gasteiger partial charge in [-0.1, -0.05) is 18.2 Å². The van der Waals surface area contributed by atoms with Crippen LogP contribution < -0.4 is 5.73 Å². The van der Waals surface area contributed by atoms with Gasteiger partial charge in [-0.05, 0) is 40.9 Å². The van der Waals surface area contributed by atoms with Crippen molar-refractivity contribution in [1.82, 2.24) is 4.98 Å². The summed E-state index contributed by atoms with van der Waals surface area (Å²) in [6.45, 7) is 0. The van der Waals surface area contributed by atoms with Gasteiger partial charge in [-0.25, -0.2) is 4.98 Å². The number of pyridine rings is 1. The predicted octanol–water partition coefficient (Wildman–Crippen LogP) is 2.87. The molecule has 3 nitrogen and oxygen atoms in total. The van der Waals surface area contributed by atoms with Crippen LogP contribution in [0.2, 0.25) is 0 Å². The quantitative estimate of drug-likeness (QED) is 0.683. The van der Waals surface area contributed by atoms with E-state index in [9.17, 15) is 0 Å². The molecule has 3 rings (SSSR count). The first-order valence-electron chi connectivity index (χ1n) is 5.63. The van der Waals surface area contributed by atoms with Crippen LogP contribution >= 0.6 is 15.9 Å². The van der Waals surface area contributed by atoms with Crippen LogP contribution in [-0.2, 0) is 0 Å². The van der Waals surface area contributed by atoms with Crippen molar-refractivity contribution < 1.29 is 0 Å². The highest BCUT2D eigenvalue weighted by Gasteiger charge is 2.21. The maximum atomic E-state index is 5.99. The van der Waals surface area contributed by atoms with E-state index in [4.69, 9.17) is 5.73 Å². The fourth-order valence-corrected chi connectivity index (χ4v) is 2.27. The minimum Gasteiger partial charge on any atom is -0.382 e. The van der Waals surface area contributed by atoms with Crippen LogP contribution in [0.15, 0.2) is 39.8 Å². The third-order valence-corrected chi connectivity index (χ3v) is 3.39. The van der Waals surface area contributed by atoms with E-state index in [1.165, 1.54) is 0 Å². The molecule has 1 aromatic carbocycles. The number of aromatic nitrogens is 1. The number of hydrogen-bond acceptors (Lipinski definition) is 2. The number of fused-ring (bicyclic) bond motifs is 1. The molecule has 0 atom stereocenters. The minimum absolute atomic E-state index is 0.412. The molecule has 2 aromatic rings. The maximum Gasteiger partial charge on any atom is 0.146 e. The van der Waals surface area contributed by atoms with Gasteiger partial charge in [-0.15, -0.1) is 0 Å². The Labute approximate surface area is 108 Å². The van der Waals surface area contributed by atoms with Gasteiger partial charge in [-0.2, -0.15) is 0 Å². The summed E-state index contributed by atoms with van der Waals surface area (Å²) in [5, 5.41) is 1.10. The van der Waals surface area contributed by atoms with E-state index in [1.54, 1.807) is 0 Å². The molecule has 0 saturated heterocycles. The summed E-state index contributed by atoms with van der Waals surface area (Å²) in [6, 6.07) is 10.4.